The molecule has 4 rings (SSSR count). The second-order valence-electron chi connectivity index (χ2n) is 13.5. The smallest absolute Gasteiger partial charge is 0.302 e. The van der Waals surface area contributed by atoms with Crippen molar-refractivity contribution in [2.75, 3.05) is 0 Å². The number of rotatable bonds is 6. The Morgan fingerprint density at radius 3 is 2.41 bits per heavy atom. The fraction of sp³-hybridized carbons (Fsp3) is 0.844. The summed E-state index contributed by atoms with van der Waals surface area (Å²) in [6.07, 6.45) is 16.8. The Morgan fingerprint density at radius 2 is 1.76 bits per heavy atom. The third-order valence-corrected chi connectivity index (χ3v) is 11.6. The Hall–Kier alpha value is -1.05. The van der Waals surface area contributed by atoms with Crippen LogP contribution in [0.4, 0.5) is 0 Å². The van der Waals surface area contributed by atoms with Crippen LogP contribution in [0.15, 0.2) is 23.3 Å². The first-order valence-corrected chi connectivity index (χ1v) is 14.5. The number of carbonyl (C=O) groups is 1. The molecule has 4 aliphatic carbocycles. The Balaban J connectivity index is 1.50. The molecule has 0 amide bonds. The van der Waals surface area contributed by atoms with Crippen molar-refractivity contribution in [3.05, 3.63) is 23.3 Å². The normalized spacial score (nSPS) is 43.0. The molecule has 9 atom stereocenters. The molecule has 4 aliphatic rings. The monoisotopic (exact) mass is 468 g/mol. The molecule has 3 saturated carbocycles. The maximum absolute atomic E-state index is 11.7. The Morgan fingerprint density at radius 1 is 1.09 bits per heavy atom. The van der Waals surface area contributed by atoms with Gasteiger partial charge in [0.15, 0.2) is 0 Å². The van der Waals surface area contributed by atoms with Crippen molar-refractivity contribution in [3.63, 3.8) is 0 Å². The summed E-state index contributed by atoms with van der Waals surface area (Å²) < 4.78 is 5.76. The predicted octanol–water partition coefficient (Wildman–Crippen LogP) is 8.76. The molecule has 0 saturated heterocycles. The van der Waals surface area contributed by atoms with E-state index in [0.29, 0.717) is 28.6 Å². The minimum Gasteiger partial charge on any atom is -0.462 e. The average molecular weight is 469 g/mol. The summed E-state index contributed by atoms with van der Waals surface area (Å²) in [5.74, 6) is 4.91. The van der Waals surface area contributed by atoms with Crippen LogP contribution in [0.1, 0.15) is 113 Å². The molecule has 0 aromatic rings. The van der Waals surface area contributed by atoms with Gasteiger partial charge in [-0.3, -0.25) is 4.79 Å². The quantitative estimate of drug-likeness (QED) is 0.288. The van der Waals surface area contributed by atoms with E-state index in [2.05, 4.69) is 60.6 Å². The number of carbonyl (C=O) groups excluding carboxylic acids is 1. The van der Waals surface area contributed by atoms with Crippen molar-refractivity contribution >= 4 is 5.97 Å². The van der Waals surface area contributed by atoms with Crippen LogP contribution < -0.4 is 0 Å². The molecule has 0 N–H and O–H groups in total. The molecule has 0 aromatic carbocycles. The minimum absolute atomic E-state index is 0.109. The first kappa shape index (κ1) is 26.0. The number of hydrogen-bond acceptors (Lipinski definition) is 2. The zero-order valence-corrected chi connectivity index (χ0v) is 23.5. The van der Waals surface area contributed by atoms with Gasteiger partial charge in [0.1, 0.15) is 6.10 Å². The molecule has 0 aromatic heterocycles. The van der Waals surface area contributed by atoms with Gasteiger partial charge in [-0.25, -0.2) is 0 Å². The van der Waals surface area contributed by atoms with Crippen molar-refractivity contribution in [2.24, 2.45) is 52.3 Å². The SMILES string of the molecule is C/C=C(/CC[C@@H](C)[C@H]1CCC2C3=CCC4[C@H](C)[C@@H](OC(C)=O)CC[C@]4(C)C3CC[C@@]21C)C(C)C. The van der Waals surface area contributed by atoms with Gasteiger partial charge in [0, 0.05) is 6.92 Å². The topological polar surface area (TPSA) is 26.3 Å². The van der Waals surface area contributed by atoms with E-state index in [1.54, 1.807) is 12.5 Å². The molecule has 0 radical (unpaired) electrons. The average Bonchev–Trinajstić information content (AvgIpc) is 3.13. The van der Waals surface area contributed by atoms with Crippen LogP contribution >= 0.6 is 0 Å². The van der Waals surface area contributed by atoms with E-state index in [1.807, 2.05) is 5.57 Å². The summed E-state index contributed by atoms with van der Waals surface area (Å²) in [7, 11) is 0. The molecular weight excluding hydrogens is 416 g/mol. The van der Waals surface area contributed by atoms with Gasteiger partial charge in [-0.15, -0.1) is 0 Å². The van der Waals surface area contributed by atoms with E-state index >= 15 is 0 Å². The van der Waals surface area contributed by atoms with Gasteiger partial charge in [0.2, 0.25) is 0 Å². The number of fused-ring (bicyclic) bond motifs is 5. The molecule has 0 spiro atoms. The Kier molecular flexibility index (Phi) is 7.48. The van der Waals surface area contributed by atoms with Crippen LogP contribution in [0, 0.1) is 52.3 Å². The fourth-order valence-electron chi connectivity index (χ4n) is 9.65. The molecular formula is C32H52O2. The van der Waals surface area contributed by atoms with Crippen LogP contribution in [0.3, 0.4) is 0 Å². The van der Waals surface area contributed by atoms with E-state index in [0.717, 1.165) is 30.1 Å². The predicted molar refractivity (Wildman–Crippen MR) is 142 cm³/mol. The summed E-state index contributed by atoms with van der Waals surface area (Å²) in [6, 6.07) is 0. The lowest BCUT2D eigenvalue weighted by atomic mass is 9.46. The van der Waals surface area contributed by atoms with Crippen LogP contribution in [0.2, 0.25) is 0 Å². The lowest BCUT2D eigenvalue weighted by Crippen LogP contribution is -2.53. The van der Waals surface area contributed by atoms with Gasteiger partial charge in [-0.05, 0) is 117 Å². The standard InChI is InChI=1S/C32H52O2/c1-9-24(20(2)3)11-10-21(4)26-14-15-28-25-12-13-27-22(5)30(34-23(6)33)17-19-32(27,8)29(25)16-18-31(26,28)7/h9,12,20-22,26-30H,10-11,13-19H2,1-8H3/b24-9-/t21-,22+,26-,27?,28?,29?,30+,31-,32+/m1/s1. The second-order valence-corrected chi connectivity index (χ2v) is 13.5. The van der Waals surface area contributed by atoms with Gasteiger partial charge in [-0.2, -0.15) is 0 Å². The maximum Gasteiger partial charge on any atom is 0.302 e. The molecule has 0 aliphatic heterocycles. The van der Waals surface area contributed by atoms with E-state index < -0.39 is 0 Å². The molecule has 3 fully saturated rings. The van der Waals surface area contributed by atoms with Crippen LogP contribution in [0.5, 0.6) is 0 Å². The lowest BCUT2D eigenvalue weighted by Gasteiger charge is -2.59. The van der Waals surface area contributed by atoms with E-state index in [9.17, 15) is 4.79 Å². The zero-order chi connectivity index (χ0) is 24.8. The molecule has 2 nitrogen and oxygen atoms in total. The molecule has 0 heterocycles. The highest BCUT2D eigenvalue weighted by atomic mass is 16.5. The van der Waals surface area contributed by atoms with Crippen LogP contribution in [-0.4, -0.2) is 12.1 Å². The third-order valence-electron chi connectivity index (χ3n) is 11.6. The first-order valence-electron chi connectivity index (χ1n) is 14.5. The largest absolute Gasteiger partial charge is 0.462 e. The van der Waals surface area contributed by atoms with Gasteiger partial charge in [0.25, 0.3) is 0 Å². The van der Waals surface area contributed by atoms with E-state index in [4.69, 9.17) is 4.74 Å². The molecule has 192 valence electrons. The van der Waals surface area contributed by atoms with Gasteiger partial charge in [-0.1, -0.05) is 64.8 Å². The Bertz CT molecular complexity index is 821. The van der Waals surface area contributed by atoms with Gasteiger partial charge in [0.05, 0.1) is 0 Å². The number of hydrogen-bond donors (Lipinski definition) is 0. The Labute approximate surface area is 210 Å². The van der Waals surface area contributed by atoms with Crippen molar-refractivity contribution in [1.29, 1.82) is 0 Å². The lowest BCUT2D eigenvalue weighted by molar-refractivity contribution is -0.158. The molecule has 0 bridgehead atoms. The fourth-order valence-corrected chi connectivity index (χ4v) is 9.65. The molecule has 34 heavy (non-hydrogen) atoms. The van der Waals surface area contributed by atoms with Crippen molar-refractivity contribution in [2.45, 2.75) is 119 Å². The highest BCUT2D eigenvalue weighted by molar-refractivity contribution is 5.66. The number of ether oxygens (including phenoxy) is 1. The zero-order valence-electron chi connectivity index (χ0n) is 23.5. The second kappa shape index (κ2) is 9.78. The van der Waals surface area contributed by atoms with E-state index in [1.165, 1.54) is 51.4 Å². The summed E-state index contributed by atoms with van der Waals surface area (Å²) in [5, 5.41) is 0. The van der Waals surface area contributed by atoms with E-state index in [-0.39, 0.29) is 12.1 Å². The summed E-state index contributed by atoms with van der Waals surface area (Å²) >= 11 is 0. The summed E-state index contributed by atoms with van der Waals surface area (Å²) in [5.41, 5.74) is 4.35. The highest BCUT2D eigenvalue weighted by Crippen LogP contribution is 2.67. The first-order chi connectivity index (χ1) is 16.0. The summed E-state index contributed by atoms with van der Waals surface area (Å²) in [6.45, 7) is 18.7. The maximum atomic E-state index is 11.7. The number of allylic oxidation sites excluding steroid dienone is 4. The van der Waals surface area contributed by atoms with Gasteiger partial charge >= 0.3 is 5.97 Å². The minimum atomic E-state index is -0.109. The number of esters is 1. The van der Waals surface area contributed by atoms with Gasteiger partial charge < -0.3 is 4.74 Å². The molecule has 3 unspecified atom stereocenters. The van der Waals surface area contributed by atoms with Crippen molar-refractivity contribution in [1.82, 2.24) is 0 Å². The summed E-state index contributed by atoms with van der Waals surface area (Å²) in [4.78, 5) is 11.7. The van der Waals surface area contributed by atoms with Crippen LogP contribution in [0.25, 0.3) is 0 Å². The van der Waals surface area contributed by atoms with Crippen molar-refractivity contribution < 1.29 is 9.53 Å². The van der Waals surface area contributed by atoms with Crippen molar-refractivity contribution in [3.8, 4) is 0 Å². The van der Waals surface area contributed by atoms with Crippen LogP contribution in [-0.2, 0) is 9.53 Å². The highest BCUT2D eigenvalue weighted by Gasteiger charge is 2.59. The molecule has 2 heteroatoms. The third kappa shape index (κ3) is 4.34.